The summed E-state index contributed by atoms with van der Waals surface area (Å²) in [5.41, 5.74) is 1.10. The van der Waals surface area contributed by atoms with E-state index in [1.54, 1.807) is 23.3 Å². The number of unbranched alkanes of at least 4 members (excludes halogenated alkanes) is 1. The Labute approximate surface area is 111 Å². The lowest BCUT2D eigenvalue weighted by Gasteiger charge is -2.10. The second-order valence-corrected chi connectivity index (χ2v) is 6.33. The van der Waals surface area contributed by atoms with Crippen molar-refractivity contribution in [3.05, 3.63) is 24.3 Å². The zero-order chi connectivity index (χ0) is 12.1. The Balaban J connectivity index is 1.90. The van der Waals surface area contributed by atoms with Gasteiger partial charge in [-0.3, -0.25) is 4.72 Å². The molecule has 92 valence electrons. The normalized spacial score (nSPS) is 13.1. The average Bonchev–Trinajstić information content (AvgIpc) is 2.76. The molecule has 2 nitrogen and oxygen atoms in total. The van der Waals surface area contributed by atoms with E-state index in [0.29, 0.717) is 6.04 Å². The minimum absolute atomic E-state index is 0.548. The van der Waals surface area contributed by atoms with Gasteiger partial charge in [-0.2, -0.15) is 0 Å². The lowest BCUT2D eigenvalue weighted by atomic mass is 10.2. The van der Waals surface area contributed by atoms with Crippen molar-refractivity contribution in [2.24, 2.45) is 0 Å². The Kier molecular flexibility index (Phi) is 4.83. The van der Waals surface area contributed by atoms with Crippen LogP contribution in [0.4, 0.5) is 0 Å². The van der Waals surface area contributed by atoms with Gasteiger partial charge in [0.2, 0.25) is 0 Å². The Morgan fingerprint density at radius 2 is 2.24 bits per heavy atom. The van der Waals surface area contributed by atoms with Crippen LogP contribution in [0.5, 0.6) is 0 Å². The highest BCUT2D eigenvalue weighted by Crippen LogP contribution is 2.28. The molecule has 0 amide bonds. The third-order valence-electron chi connectivity index (χ3n) is 2.61. The van der Waals surface area contributed by atoms with Crippen molar-refractivity contribution in [1.29, 1.82) is 0 Å². The smallest absolute Gasteiger partial charge is 0.166 e. The lowest BCUT2D eigenvalue weighted by Crippen LogP contribution is -2.18. The van der Waals surface area contributed by atoms with Crippen LogP contribution in [0, 0.1) is 0 Å². The third-order valence-corrected chi connectivity index (χ3v) is 4.73. The zero-order valence-electron chi connectivity index (χ0n) is 10.3. The first-order valence-corrected chi connectivity index (χ1v) is 7.71. The van der Waals surface area contributed by atoms with E-state index >= 15 is 0 Å². The molecule has 0 radical (unpaired) electrons. The molecule has 1 atom stereocenters. The van der Waals surface area contributed by atoms with Crippen LogP contribution in [-0.4, -0.2) is 11.0 Å². The maximum atomic E-state index is 4.58. The van der Waals surface area contributed by atoms with Crippen molar-refractivity contribution >= 4 is 33.5 Å². The van der Waals surface area contributed by atoms with Crippen LogP contribution in [0.3, 0.4) is 0 Å². The van der Waals surface area contributed by atoms with Gasteiger partial charge in [-0.05, 0) is 37.4 Å². The number of benzene rings is 1. The van der Waals surface area contributed by atoms with E-state index in [1.807, 2.05) is 6.07 Å². The number of thiazole rings is 1. The van der Waals surface area contributed by atoms with Gasteiger partial charge in [0.1, 0.15) is 0 Å². The van der Waals surface area contributed by atoms with E-state index in [1.165, 1.54) is 24.0 Å². The van der Waals surface area contributed by atoms with Crippen LogP contribution in [-0.2, 0) is 0 Å². The highest BCUT2D eigenvalue weighted by atomic mass is 32.2. The first kappa shape index (κ1) is 12.9. The molecular formula is C13H18N2S2. The number of hydrogen-bond acceptors (Lipinski definition) is 4. The number of rotatable bonds is 6. The average molecular weight is 266 g/mol. The summed E-state index contributed by atoms with van der Waals surface area (Å²) in [5, 5.41) is 0. The molecule has 1 aromatic heterocycles. The molecule has 0 fully saturated rings. The molecule has 0 saturated carbocycles. The maximum absolute atomic E-state index is 4.58. The van der Waals surface area contributed by atoms with Gasteiger partial charge in [0, 0.05) is 6.04 Å². The molecule has 0 aliphatic carbocycles. The largest absolute Gasteiger partial charge is 0.255 e. The first-order chi connectivity index (χ1) is 8.29. The summed E-state index contributed by atoms with van der Waals surface area (Å²) in [6, 6.07) is 8.83. The van der Waals surface area contributed by atoms with Gasteiger partial charge in [0.25, 0.3) is 0 Å². The van der Waals surface area contributed by atoms with Crippen molar-refractivity contribution in [1.82, 2.24) is 9.71 Å². The summed E-state index contributed by atoms with van der Waals surface area (Å²) in [6.45, 7) is 4.46. The highest BCUT2D eigenvalue weighted by Gasteiger charge is 2.06. The second kappa shape index (κ2) is 6.38. The first-order valence-electron chi connectivity index (χ1n) is 6.07. The van der Waals surface area contributed by atoms with Crippen LogP contribution in [0.25, 0.3) is 10.2 Å². The molecule has 1 unspecified atom stereocenters. The molecule has 0 aliphatic rings. The van der Waals surface area contributed by atoms with Crippen LogP contribution in [0.2, 0.25) is 0 Å². The number of aromatic nitrogens is 1. The van der Waals surface area contributed by atoms with Crippen molar-refractivity contribution in [2.45, 2.75) is 43.5 Å². The predicted molar refractivity (Wildman–Crippen MR) is 77.6 cm³/mol. The van der Waals surface area contributed by atoms with Crippen molar-refractivity contribution in [2.75, 3.05) is 0 Å². The van der Waals surface area contributed by atoms with Gasteiger partial charge in [-0.15, -0.1) is 11.3 Å². The number of hydrogen-bond donors (Lipinski definition) is 1. The van der Waals surface area contributed by atoms with Gasteiger partial charge in [-0.1, -0.05) is 31.9 Å². The van der Waals surface area contributed by atoms with E-state index in [-0.39, 0.29) is 0 Å². The Morgan fingerprint density at radius 1 is 1.41 bits per heavy atom. The van der Waals surface area contributed by atoms with Crippen LogP contribution in [0.15, 0.2) is 28.6 Å². The summed E-state index contributed by atoms with van der Waals surface area (Å²) in [5.74, 6) is 0. The second-order valence-electron chi connectivity index (χ2n) is 4.21. The van der Waals surface area contributed by atoms with Crippen molar-refractivity contribution in [3.8, 4) is 0 Å². The van der Waals surface area contributed by atoms with Gasteiger partial charge in [0.05, 0.1) is 10.2 Å². The highest BCUT2D eigenvalue weighted by molar-refractivity contribution is 7.99. The number of fused-ring (bicyclic) bond motifs is 1. The maximum Gasteiger partial charge on any atom is 0.166 e. The zero-order valence-corrected chi connectivity index (χ0v) is 11.9. The number of nitrogens with zero attached hydrogens (tertiary/aromatic N) is 1. The Hall–Kier alpha value is -0.580. The summed E-state index contributed by atoms with van der Waals surface area (Å²) in [4.78, 5) is 4.58. The molecule has 4 heteroatoms. The molecule has 17 heavy (non-hydrogen) atoms. The van der Waals surface area contributed by atoms with E-state index in [0.717, 1.165) is 9.86 Å². The lowest BCUT2D eigenvalue weighted by molar-refractivity contribution is 0.587. The summed E-state index contributed by atoms with van der Waals surface area (Å²) in [6.07, 6.45) is 3.78. The monoisotopic (exact) mass is 266 g/mol. The SMILES string of the molecule is CCCCC(C)NSc1nc2ccccc2s1. The molecule has 0 saturated heterocycles. The Bertz CT molecular complexity index is 434. The Morgan fingerprint density at radius 3 is 3.00 bits per heavy atom. The summed E-state index contributed by atoms with van der Waals surface area (Å²) in [7, 11) is 0. The number of para-hydroxylation sites is 1. The molecule has 1 heterocycles. The van der Waals surface area contributed by atoms with Gasteiger partial charge in [0.15, 0.2) is 4.34 Å². The van der Waals surface area contributed by atoms with Crippen LogP contribution >= 0.6 is 23.3 Å². The van der Waals surface area contributed by atoms with E-state index in [2.05, 4.69) is 41.8 Å². The van der Waals surface area contributed by atoms with Crippen molar-refractivity contribution in [3.63, 3.8) is 0 Å². The van der Waals surface area contributed by atoms with Gasteiger partial charge >= 0.3 is 0 Å². The van der Waals surface area contributed by atoms with Crippen LogP contribution < -0.4 is 4.72 Å². The molecule has 0 aliphatic heterocycles. The van der Waals surface area contributed by atoms with E-state index < -0.39 is 0 Å². The standard InChI is InChI=1S/C13H18N2S2/c1-3-4-7-10(2)15-17-13-14-11-8-5-6-9-12(11)16-13/h5-6,8-10,15H,3-4,7H2,1-2H3. The molecule has 2 aromatic rings. The minimum atomic E-state index is 0.548. The molecule has 0 bridgehead atoms. The van der Waals surface area contributed by atoms with Gasteiger partial charge < -0.3 is 0 Å². The fourth-order valence-electron chi connectivity index (χ4n) is 1.61. The van der Waals surface area contributed by atoms with Gasteiger partial charge in [-0.25, -0.2) is 4.98 Å². The molecule has 2 rings (SSSR count). The number of nitrogens with one attached hydrogen (secondary N) is 1. The third kappa shape index (κ3) is 3.69. The fourth-order valence-corrected chi connectivity index (χ4v) is 3.46. The molecular weight excluding hydrogens is 248 g/mol. The topological polar surface area (TPSA) is 24.9 Å². The quantitative estimate of drug-likeness (QED) is 0.781. The van der Waals surface area contributed by atoms with Crippen LogP contribution in [0.1, 0.15) is 33.1 Å². The molecule has 1 aromatic carbocycles. The van der Waals surface area contributed by atoms with E-state index in [4.69, 9.17) is 0 Å². The minimum Gasteiger partial charge on any atom is -0.255 e. The molecule has 0 spiro atoms. The van der Waals surface area contributed by atoms with E-state index in [9.17, 15) is 0 Å². The fraction of sp³-hybridized carbons (Fsp3) is 0.462. The summed E-state index contributed by atoms with van der Waals surface area (Å²) >= 11 is 3.41. The summed E-state index contributed by atoms with van der Waals surface area (Å²) < 4.78 is 5.83. The van der Waals surface area contributed by atoms with Crippen molar-refractivity contribution < 1.29 is 0 Å². The predicted octanol–water partition coefficient (Wildman–Crippen LogP) is 4.47. The molecule has 1 N–H and O–H groups in total.